The van der Waals surface area contributed by atoms with Crippen LogP contribution < -0.4 is 9.47 Å². The molecule has 0 aliphatic carbocycles. The number of rotatable bonds is 6. The van der Waals surface area contributed by atoms with Crippen molar-refractivity contribution in [3.05, 3.63) is 58.7 Å². The van der Waals surface area contributed by atoms with Crippen LogP contribution in [0, 0.1) is 18.3 Å². The maximum absolute atomic E-state index is 13.0. The summed E-state index contributed by atoms with van der Waals surface area (Å²) in [6.45, 7) is 4.27. The second kappa shape index (κ2) is 8.05. The average Bonchev–Trinajstić information content (AvgIpc) is 2.67. The summed E-state index contributed by atoms with van der Waals surface area (Å²) in [7, 11) is 0. The highest BCUT2D eigenvalue weighted by atomic mass is 16.6. The van der Waals surface area contributed by atoms with Crippen LogP contribution in [0.15, 0.2) is 36.4 Å². The Morgan fingerprint density at radius 1 is 1.23 bits per heavy atom. The molecule has 2 aromatic carbocycles. The Hall–Kier alpha value is -2.80. The molecule has 0 aromatic heterocycles. The van der Waals surface area contributed by atoms with E-state index in [2.05, 4.69) is 6.92 Å². The topological polar surface area (TPSA) is 59.3 Å². The van der Waals surface area contributed by atoms with E-state index in [1.807, 2.05) is 43.3 Å². The molecule has 26 heavy (non-hydrogen) atoms. The highest BCUT2D eigenvalue weighted by molar-refractivity contribution is 6.11. The Balaban J connectivity index is 1.86. The number of aryl methyl sites for hydroxylation is 2. The summed E-state index contributed by atoms with van der Waals surface area (Å²) in [5, 5.41) is 9.10. The molecule has 0 saturated heterocycles. The minimum absolute atomic E-state index is 0.118. The number of nitrogens with zero attached hydrogens (tertiary/aromatic N) is 1. The molecule has 0 bridgehead atoms. The Labute approximate surface area is 154 Å². The van der Waals surface area contributed by atoms with Gasteiger partial charge in [0.25, 0.3) is 0 Å². The molecule has 1 heterocycles. The maximum atomic E-state index is 13.0. The SMILES string of the molecule is CCCCCc1ccc(C(=O)c2cc(C)cc3c2OC(C#N)CO3)cc1. The third-order valence-corrected chi connectivity index (χ3v) is 4.52. The molecule has 1 atom stereocenters. The van der Waals surface area contributed by atoms with Gasteiger partial charge in [-0.1, -0.05) is 44.0 Å². The van der Waals surface area contributed by atoms with Crippen LogP contribution in [0.4, 0.5) is 0 Å². The Bertz CT molecular complexity index is 834. The summed E-state index contributed by atoms with van der Waals surface area (Å²) >= 11 is 0. The van der Waals surface area contributed by atoms with Gasteiger partial charge in [-0.2, -0.15) is 5.26 Å². The largest absolute Gasteiger partial charge is 0.485 e. The van der Waals surface area contributed by atoms with Gasteiger partial charge in [0, 0.05) is 5.56 Å². The molecule has 0 amide bonds. The summed E-state index contributed by atoms with van der Waals surface area (Å²) in [4.78, 5) is 13.0. The number of hydrogen-bond acceptors (Lipinski definition) is 4. The fraction of sp³-hybridized carbons (Fsp3) is 0.364. The molecule has 0 N–H and O–H groups in total. The fourth-order valence-corrected chi connectivity index (χ4v) is 3.10. The number of ketones is 1. The van der Waals surface area contributed by atoms with Crippen molar-refractivity contribution in [2.45, 2.75) is 45.6 Å². The van der Waals surface area contributed by atoms with Crippen LogP contribution in [0.5, 0.6) is 11.5 Å². The van der Waals surface area contributed by atoms with Gasteiger partial charge in [-0.05, 0) is 43.0 Å². The van der Waals surface area contributed by atoms with Gasteiger partial charge in [-0.3, -0.25) is 4.79 Å². The predicted octanol–water partition coefficient (Wildman–Crippen LogP) is 4.62. The Morgan fingerprint density at radius 3 is 2.69 bits per heavy atom. The number of hydrogen-bond donors (Lipinski definition) is 0. The van der Waals surface area contributed by atoms with Crippen LogP contribution in [0.25, 0.3) is 0 Å². The van der Waals surface area contributed by atoms with Crippen molar-refractivity contribution in [3.8, 4) is 17.6 Å². The highest BCUT2D eigenvalue weighted by Gasteiger charge is 2.27. The first kappa shape index (κ1) is 18.0. The zero-order valence-electron chi connectivity index (χ0n) is 15.2. The van der Waals surface area contributed by atoms with Gasteiger partial charge < -0.3 is 9.47 Å². The maximum Gasteiger partial charge on any atom is 0.218 e. The third-order valence-electron chi connectivity index (χ3n) is 4.52. The number of carbonyl (C=O) groups excluding carboxylic acids is 1. The van der Waals surface area contributed by atoms with Gasteiger partial charge in [-0.25, -0.2) is 0 Å². The zero-order chi connectivity index (χ0) is 18.5. The molecule has 3 rings (SSSR count). The lowest BCUT2D eigenvalue weighted by molar-refractivity contribution is 0.100. The molecule has 0 fully saturated rings. The van der Waals surface area contributed by atoms with E-state index >= 15 is 0 Å². The number of nitriles is 1. The third kappa shape index (κ3) is 3.88. The fourth-order valence-electron chi connectivity index (χ4n) is 3.10. The molecular formula is C22H23NO3. The van der Waals surface area contributed by atoms with E-state index in [1.54, 1.807) is 6.07 Å². The van der Waals surface area contributed by atoms with Crippen molar-refractivity contribution >= 4 is 5.78 Å². The van der Waals surface area contributed by atoms with Gasteiger partial charge in [0.1, 0.15) is 12.7 Å². The van der Waals surface area contributed by atoms with Crippen LogP contribution in [0.3, 0.4) is 0 Å². The van der Waals surface area contributed by atoms with E-state index in [9.17, 15) is 4.79 Å². The molecule has 134 valence electrons. The van der Waals surface area contributed by atoms with E-state index in [0.29, 0.717) is 22.6 Å². The number of ether oxygens (including phenoxy) is 2. The smallest absolute Gasteiger partial charge is 0.218 e. The molecule has 1 aliphatic rings. The van der Waals surface area contributed by atoms with E-state index < -0.39 is 6.10 Å². The molecule has 1 unspecified atom stereocenters. The van der Waals surface area contributed by atoms with Crippen LogP contribution in [0.1, 0.15) is 53.2 Å². The minimum atomic E-state index is -0.697. The summed E-state index contributed by atoms with van der Waals surface area (Å²) < 4.78 is 11.3. The summed E-state index contributed by atoms with van der Waals surface area (Å²) in [6, 6.07) is 13.4. The first-order valence-corrected chi connectivity index (χ1v) is 9.09. The Kier molecular flexibility index (Phi) is 5.58. The van der Waals surface area contributed by atoms with Crippen LogP contribution in [-0.4, -0.2) is 18.5 Å². The highest BCUT2D eigenvalue weighted by Crippen LogP contribution is 2.37. The van der Waals surface area contributed by atoms with Crippen molar-refractivity contribution in [3.63, 3.8) is 0 Å². The van der Waals surface area contributed by atoms with Crippen LogP contribution in [0.2, 0.25) is 0 Å². The number of benzene rings is 2. The van der Waals surface area contributed by atoms with E-state index in [4.69, 9.17) is 14.7 Å². The van der Waals surface area contributed by atoms with Gasteiger partial charge in [0.2, 0.25) is 6.10 Å². The van der Waals surface area contributed by atoms with Gasteiger partial charge in [0.15, 0.2) is 17.3 Å². The monoisotopic (exact) mass is 349 g/mol. The van der Waals surface area contributed by atoms with E-state index in [-0.39, 0.29) is 12.4 Å². The minimum Gasteiger partial charge on any atom is -0.485 e. The molecule has 4 heteroatoms. The molecule has 1 aliphatic heterocycles. The Morgan fingerprint density at radius 2 is 2.00 bits per heavy atom. The normalized spacial score (nSPS) is 15.3. The lowest BCUT2D eigenvalue weighted by Gasteiger charge is -2.24. The molecule has 0 saturated carbocycles. The van der Waals surface area contributed by atoms with Gasteiger partial charge in [0.05, 0.1) is 5.56 Å². The zero-order valence-corrected chi connectivity index (χ0v) is 15.2. The van der Waals surface area contributed by atoms with Gasteiger partial charge >= 0.3 is 0 Å². The van der Waals surface area contributed by atoms with Crippen LogP contribution >= 0.6 is 0 Å². The average molecular weight is 349 g/mol. The summed E-state index contributed by atoms with van der Waals surface area (Å²) in [6.07, 6.45) is 3.91. The van der Waals surface area contributed by atoms with Crippen molar-refractivity contribution < 1.29 is 14.3 Å². The molecular weight excluding hydrogens is 326 g/mol. The summed E-state index contributed by atoms with van der Waals surface area (Å²) in [5.41, 5.74) is 3.21. The molecule has 0 spiro atoms. The van der Waals surface area contributed by atoms with Crippen molar-refractivity contribution in [2.24, 2.45) is 0 Å². The lowest BCUT2D eigenvalue weighted by Crippen LogP contribution is -2.28. The first-order valence-electron chi connectivity index (χ1n) is 9.09. The summed E-state index contributed by atoms with van der Waals surface area (Å²) in [5.74, 6) is 0.772. The molecule has 0 radical (unpaired) electrons. The quantitative estimate of drug-likeness (QED) is 0.564. The first-order chi connectivity index (χ1) is 12.6. The van der Waals surface area contributed by atoms with Gasteiger partial charge in [-0.15, -0.1) is 0 Å². The second-order valence-electron chi connectivity index (χ2n) is 6.67. The van der Waals surface area contributed by atoms with E-state index in [1.165, 1.54) is 18.4 Å². The van der Waals surface area contributed by atoms with E-state index in [0.717, 1.165) is 18.4 Å². The van der Waals surface area contributed by atoms with Crippen molar-refractivity contribution in [2.75, 3.05) is 6.61 Å². The number of carbonyl (C=O) groups is 1. The molecule has 4 nitrogen and oxygen atoms in total. The van der Waals surface area contributed by atoms with Crippen LogP contribution in [-0.2, 0) is 6.42 Å². The second-order valence-corrected chi connectivity index (χ2v) is 6.67. The van der Waals surface area contributed by atoms with Crippen molar-refractivity contribution in [1.29, 1.82) is 5.26 Å². The van der Waals surface area contributed by atoms with Crippen molar-refractivity contribution in [1.82, 2.24) is 0 Å². The lowest BCUT2D eigenvalue weighted by atomic mass is 9.97. The standard InChI is InChI=1S/C22H23NO3/c1-3-4-5-6-16-7-9-17(10-8-16)21(24)19-11-15(2)12-20-22(19)26-18(13-23)14-25-20/h7-12,18H,3-6,14H2,1-2H3. The predicted molar refractivity (Wildman–Crippen MR) is 99.8 cm³/mol. The number of unbranched alkanes of at least 4 members (excludes halogenated alkanes) is 2. The number of fused-ring (bicyclic) bond motifs is 1. The molecule has 2 aromatic rings.